The molecule has 0 saturated carbocycles. The number of fused-ring (bicyclic) bond motifs is 3. The molecule has 0 radical (unpaired) electrons. The molecule has 1 aliphatic rings. The van der Waals surface area contributed by atoms with Gasteiger partial charge in [-0.15, -0.1) is 0 Å². The molecule has 1 heterocycles. The minimum Gasteiger partial charge on any atom is -0.196 e. The van der Waals surface area contributed by atoms with E-state index in [-0.39, 0.29) is 0 Å². The van der Waals surface area contributed by atoms with Gasteiger partial charge in [0.2, 0.25) is 5.52 Å². The maximum Gasteiger partial charge on any atom is 0.212 e. The van der Waals surface area contributed by atoms with Crippen molar-refractivity contribution in [3.05, 3.63) is 41.1 Å². The van der Waals surface area contributed by atoms with Crippen LogP contribution in [-0.2, 0) is 25.8 Å². The topological polar surface area (TPSA) is 3.88 Å². The molecule has 0 bridgehead atoms. The van der Waals surface area contributed by atoms with Crippen molar-refractivity contribution in [1.82, 2.24) is 0 Å². The Morgan fingerprint density at radius 3 is 2.61 bits per heavy atom. The highest BCUT2D eigenvalue weighted by Gasteiger charge is 2.18. The fourth-order valence-electron chi connectivity index (χ4n) is 3.37. The van der Waals surface area contributed by atoms with E-state index in [2.05, 4.69) is 42.7 Å². The van der Waals surface area contributed by atoms with Gasteiger partial charge in [-0.1, -0.05) is 13.0 Å². The van der Waals surface area contributed by atoms with Gasteiger partial charge in [-0.05, 0) is 49.8 Å². The van der Waals surface area contributed by atoms with Crippen LogP contribution in [0.25, 0.3) is 10.9 Å². The molecule has 1 aromatic heterocycles. The quantitative estimate of drug-likeness (QED) is 0.706. The average molecular weight is 240 g/mol. The monoisotopic (exact) mass is 240 g/mol. The molecule has 1 nitrogen and oxygen atoms in total. The number of hydrogen-bond acceptors (Lipinski definition) is 0. The van der Waals surface area contributed by atoms with Crippen LogP contribution in [0.5, 0.6) is 0 Å². The van der Waals surface area contributed by atoms with Gasteiger partial charge in [-0.2, -0.15) is 4.57 Å². The molecule has 0 amide bonds. The van der Waals surface area contributed by atoms with E-state index in [1.165, 1.54) is 42.3 Å². The normalized spacial score (nSPS) is 14.8. The van der Waals surface area contributed by atoms with Gasteiger partial charge in [0.1, 0.15) is 6.54 Å². The van der Waals surface area contributed by atoms with E-state index in [0.717, 1.165) is 13.0 Å². The van der Waals surface area contributed by atoms with Crippen LogP contribution < -0.4 is 4.57 Å². The largest absolute Gasteiger partial charge is 0.212 e. The molecule has 0 unspecified atom stereocenters. The molecule has 0 spiro atoms. The van der Waals surface area contributed by atoms with Crippen molar-refractivity contribution in [2.24, 2.45) is 0 Å². The van der Waals surface area contributed by atoms with Crippen molar-refractivity contribution in [3.63, 3.8) is 0 Å². The lowest BCUT2D eigenvalue weighted by Gasteiger charge is -2.17. The van der Waals surface area contributed by atoms with Crippen LogP contribution in [0.15, 0.2) is 24.3 Å². The fourth-order valence-corrected chi connectivity index (χ4v) is 3.37. The summed E-state index contributed by atoms with van der Waals surface area (Å²) < 4.78 is 2.48. The van der Waals surface area contributed by atoms with E-state index in [0.29, 0.717) is 0 Å². The zero-order valence-electron chi connectivity index (χ0n) is 11.5. The van der Waals surface area contributed by atoms with E-state index >= 15 is 0 Å². The summed E-state index contributed by atoms with van der Waals surface area (Å²) in [7, 11) is 0. The van der Waals surface area contributed by atoms with Gasteiger partial charge < -0.3 is 0 Å². The molecule has 1 aromatic carbocycles. The van der Waals surface area contributed by atoms with E-state index in [4.69, 9.17) is 0 Å². The maximum absolute atomic E-state index is 2.48. The van der Waals surface area contributed by atoms with Crippen LogP contribution in [0.4, 0.5) is 0 Å². The molecule has 3 rings (SSSR count). The molecular formula is C17H22N+. The van der Waals surface area contributed by atoms with E-state index in [1.807, 2.05) is 0 Å². The summed E-state index contributed by atoms with van der Waals surface area (Å²) in [5.74, 6) is 0. The second kappa shape index (κ2) is 4.72. The van der Waals surface area contributed by atoms with Crippen molar-refractivity contribution in [1.29, 1.82) is 0 Å². The average Bonchev–Trinajstić information content (AvgIpc) is 2.45. The first-order chi connectivity index (χ1) is 8.85. The Hall–Kier alpha value is -1.37. The highest BCUT2D eigenvalue weighted by atomic mass is 15.0. The highest BCUT2D eigenvalue weighted by molar-refractivity contribution is 5.81. The second-order valence-electron chi connectivity index (χ2n) is 5.27. The van der Waals surface area contributed by atoms with Crippen molar-refractivity contribution in [3.8, 4) is 0 Å². The number of aromatic nitrogens is 1. The predicted molar refractivity (Wildman–Crippen MR) is 75.8 cm³/mol. The molecule has 0 N–H and O–H groups in total. The van der Waals surface area contributed by atoms with Gasteiger partial charge in [0.15, 0.2) is 5.69 Å². The number of rotatable bonds is 2. The Labute approximate surface area is 109 Å². The van der Waals surface area contributed by atoms with Gasteiger partial charge in [-0.25, -0.2) is 0 Å². The molecule has 1 aliphatic carbocycles. The lowest BCUT2D eigenvalue weighted by Crippen LogP contribution is -2.38. The molecule has 18 heavy (non-hydrogen) atoms. The third kappa shape index (κ3) is 1.73. The molecule has 2 aromatic rings. The third-order valence-electron chi connectivity index (χ3n) is 4.31. The molecule has 0 saturated heterocycles. The molecule has 1 heteroatoms. The van der Waals surface area contributed by atoms with Gasteiger partial charge >= 0.3 is 0 Å². The van der Waals surface area contributed by atoms with Crippen LogP contribution in [0.1, 0.15) is 43.5 Å². The Bertz CT molecular complexity index is 548. The third-order valence-corrected chi connectivity index (χ3v) is 4.31. The van der Waals surface area contributed by atoms with Crippen molar-refractivity contribution in [2.75, 3.05) is 0 Å². The number of pyridine rings is 1. The van der Waals surface area contributed by atoms with Crippen LogP contribution in [0.3, 0.4) is 0 Å². The predicted octanol–water partition coefficient (Wildman–Crippen LogP) is 3.59. The maximum atomic E-state index is 2.48. The molecule has 94 valence electrons. The Kier molecular flexibility index (Phi) is 3.07. The molecular weight excluding hydrogens is 218 g/mol. The smallest absolute Gasteiger partial charge is 0.196 e. The summed E-state index contributed by atoms with van der Waals surface area (Å²) in [5.41, 5.74) is 6.07. The van der Waals surface area contributed by atoms with E-state index in [9.17, 15) is 0 Å². The highest BCUT2D eigenvalue weighted by Crippen LogP contribution is 2.27. The number of hydrogen-bond donors (Lipinski definition) is 0. The summed E-state index contributed by atoms with van der Waals surface area (Å²) in [5, 5.41) is 1.49. The fraction of sp³-hybridized carbons (Fsp3) is 0.471. The van der Waals surface area contributed by atoms with Gasteiger partial charge in [-0.3, -0.25) is 0 Å². The van der Waals surface area contributed by atoms with Crippen LogP contribution in [0, 0.1) is 0 Å². The number of aryl methyl sites for hydroxylation is 4. The zero-order chi connectivity index (χ0) is 12.5. The summed E-state index contributed by atoms with van der Waals surface area (Å²) in [6.45, 7) is 5.56. The summed E-state index contributed by atoms with van der Waals surface area (Å²) in [6, 6.07) is 9.37. The number of nitrogens with zero attached hydrogens (tertiary/aromatic N) is 1. The molecule has 0 aliphatic heterocycles. The Morgan fingerprint density at radius 2 is 1.83 bits per heavy atom. The Balaban J connectivity index is 2.30. The van der Waals surface area contributed by atoms with E-state index in [1.54, 1.807) is 11.1 Å². The SMILES string of the molecule is CCc1ccc2c3c(ccc2[n+]1CC)CCCC3. The van der Waals surface area contributed by atoms with Crippen LogP contribution in [-0.4, -0.2) is 0 Å². The van der Waals surface area contributed by atoms with Crippen LogP contribution in [0.2, 0.25) is 0 Å². The summed E-state index contributed by atoms with van der Waals surface area (Å²) in [4.78, 5) is 0. The lowest BCUT2D eigenvalue weighted by molar-refractivity contribution is -0.675. The molecule has 0 fully saturated rings. The zero-order valence-corrected chi connectivity index (χ0v) is 11.5. The Morgan fingerprint density at radius 1 is 1.00 bits per heavy atom. The first kappa shape index (κ1) is 11.7. The van der Waals surface area contributed by atoms with E-state index < -0.39 is 0 Å². The lowest BCUT2D eigenvalue weighted by atomic mass is 9.88. The van der Waals surface area contributed by atoms with Gasteiger partial charge in [0, 0.05) is 23.9 Å². The minimum absolute atomic E-state index is 1.07. The van der Waals surface area contributed by atoms with Crippen molar-refractivity contribution in [2.45, 2.75) is 52.5 Å². The first-order valence-corrected chi connectivity index (χ1v) is 7.31. The van der Waals surface area contributed by atoms with Gasteiger partial charge in [0.25, 0.3) is 0 Å². The number of benzene rings is 1. The summed E-state index contributed by atoms with van der Waals surface area (Å²) >= 11 is 0. The summed E-state index contributed by atoms with van der Waals surface area (Å²) in [6.07, 6.45) is 6.36. The standard InChI is InChI=1S/C17H22N/c1-3-14-10-11-16-15-8-6-5-7-13(15)9-12-17(16)18(14)4-2/h9-12H,3-8H2,1-2H3/q+1. The van der Waals surface area contributed by atoms with Crippen LogP contribution >= 0.6 is 0 Å². The minimum atomic E-state index is 1.07. The molecule has 0 atom stereocenters. The first-order valence-electron chi connectivity index (χ1n) is 7.31. The van der Waals surface area contributed by atoms with Crippen molar-refractivity contribution < 1.29 is 4.57 Å². The van der Waals surface area contributed by atoms with Gasteiger partial charge in [0.05, 0.1) is 0 Å². The van der Waals surface area contributed by atoms with Crippen molar-refractivity contribution >= 4 is 10.9 Å². The second-order valence-corrected chi connectivity index (χ2v) is 5.27.